The highest BCUT2D eigenvalue weighted by molar-refractivity contribution is 14.1. The van der Waals surface area contributed by atoms with Gasteiger partial charge < -0.3 is 9.73 Å². The lowest BCUT2D eigenvalue weighted by atomic mass is 10.0. The van der Waals surface area contributed by atoms with E-state index in [0.717, 1.165) is 29.3 Å². The molecule has 0 radical (unpaired) electrons. The first-order chi connectivity index (χ1) is 14.8. The first kappa shape index (κ1) is 24.0. The van der Waals surface area contributed by atoms with Gasteiger partial charge in [0.15, 0.2) is 5.82 Å². The number of fused-ring (bicyclic) bond motifs is 1. The third-order valence-corrected chi connectivity index (χ3v) is 7.42. The Hall–Kier alpha value is -1.66. The molecule has 0 unspecified atom stereocenters. The number of aryl methyl sites for hydroxylation is 1. The fraction of sp³-hybridized carbons (Fsp3) is 0.333. The van der Waals surface area contributed by atoms with Gasteiger partial charge in [-0.15, -0.1) is 0 Å². The summed E-state index contributed by atoms with van der Waals surface area (Å²) in [6.45, 7) is 1.98. The number of aromatic nitrogens is 1. The largest absolute Gasteiger partial charge is 0.437 e. The number of alkyl halides is 1. The molecule has 0 bridgehead atoms. The number of hydrogen-bond acceptors (Lipinski definition) is 5. The van der Waals surface area contributed by atoms with Gasteiger partial charge in [0.25, 0.3) is 5.91 Å². The summed E-state index contributed by atoms with van der Waals surface area (Å²) in [5.74, 6) is 0.312. The second-order valence-corrected chi connectivity index (χ2v) is 10.9. The molecule has 1 aromatic carbocycles. The van der Waals surface area contributed by atoms with Gasteiger partial charge in [-0.25, -0.2) is 8.42 Å². The Morgan fingerprint density at radius 3 is 2.55 bits per heavy atom. The van der Waals surface area contributed by atoms with E-state index in [1.165, 1.54) is 0 Å². The highest BCUT2D eigenvalue weighted by Crippen LogP contribution is 2.35. The number of sulfonamides is 1. The zero-order chi connectivity index (χ0) is 22.6. The Morgan fingerprint density at radius 1 is 1.19 bits per heavy atom. The molecule has 2 heterocycles. The van der Waals surface area contributed by atoms with E-state index in [9.17, 15) is 13.2 Å². The second-order valence-electron chi connectivity index (χ2n) is 7.09. The van der Waals surface area contributed by atoms with Crippen LogP contribution in [0.3, 0.4) is 0 Å². The molecule has 0 saturated carbocycles. The number of benzene rings is 1. The number of nitrogens with one attached hydrogen (secondary N) is 2. The number of rotatable bonds is 9. The predicted molar refractivity (Wildman–Crippen MR) is 135 cm³/mol. The van der Waals surface area contributed by atoms with Crippen LogP contribution in [0.25, 0.3) is 22.4 Å². The summed E-state index contributed by atoms with van der Waals surface area (Å²) in [5, 5.41) is 4.02. The Bertz CT molecular complexity index is 1190. The van der Waals surface area contributed by atoms with Gasteiger partial charge in [-0.05, 0) is 48.4 Å². The van der Waals surface area contributed by atoms with E-state index in [4.69, 9.17) is 4.42 Å². The summed E-state index contributed by atoms with van der Waals surface area (Å²) < 4.78 is 34.0. The number of anilines is 1. The lowest BCUT2D eigenvalue weighted by Crippen LogP contribution is -2.19. The topological polar surface area (TPSA) is 101 Å². The van der Waals surface area contributed by atoms with Crippen molar-refractivity contribution in [2.24, 2.45) is 0 Å². The van der Waals surface area contributed by atoms with Gasteiger partial charge in [0.2, 0.25) is 15.7 Å². The number of unbranched alkanes of at least 4 members (excludes halogenated alkanes) is 2. The molecule has 0 fully saturated rings. The zero-order valence-corrected chi connectivity index (χ0v) is 21.7. The lowest BCUT2D eigenvalue weighted by molar-refractivity contribution is 0.0964. The van der Waals surface area contributed by atoms with E-state index >= 15 is 0 Å². The fourth-order valence-corrected chi connectivity index (χ4v) is 5.37. The molecule has 2 N–H and O–H groups in total. The highest BCUT2D eigenvalue weighted by atomic mass is 127. The van der Waals surface area contributed by atoms with Crippen molar-refractivity contribution in [2.45, 2.75) is 26.2 Å². The maximum absolute atomic E-state index is 12.6. The molecule has 0 spiro atoms. The molecule has 0 saturated heterocycles. The van der Waals surface area contributed by atoms with Gasteiger partial charge in [-0.2, -0.15) is 4.98 Å². The summed E-state index contributed by atoms with van der Waals surface area (Å²) in [6, 6.07) is 9.34. The summed E-state index contributed by atoms with van der Waals surface area (Å²) in [6.07, 6.45) is 2.32. The monoisotopic (exact) mass is 619 g/mol. The molecular formula is C21H23BrIN3O4S. The van der Waals surface area contributed by atoms with Gasteiger partial charge >= 0.3 is 0 Å². The van der Waals surface area contributed by atoms with E-state index in [-0.39, 0.29) is 23.2 Å². The molecule has 0 atom stereocenters. The van der Waals surface area contributed by atoms with Crippen LogP contribution in [-0.2, 0) is 10.0 Å². The van der Waals surface area contributed by atoms with Crippen LogP contribution in [0.4, 0.5) is 5.82 Å². The molecule has 0 aliphatic rings. The van der Waals surface area contributed by atoms with Crippen LogP contribution in [0, 0.1) is 10.5 Å². The molecule has 3 aromatic rings. The van der Waals surface area contributed by atoms with Crippen molar-refractivity contribution in [3.8, 4) is 11.3 Å². The number of furan rings is 1. The van der Waals surface area contributed by atoms with Crippen molar-refractivity contribution in [3.63, 3.8) is 0 Å². The fourth-order valence-electron chi connectivity index (χ4n) is 3.09. The average molecular weight is 620 g/mol. The van der Waals surface area contributed by atoms with Crippen LogP contribution in [0.2, 0.25) is 0 Å². The van der Waals surface area contributed by atoms with E-state index in [2.05, 4.69) is 31.0 Å². The van der Waals surface area contributed by atoms with Crippen molar-refractivity contribution in [1.29, 1.82) is 0 Å². The van der Waals surface area contributed by atoms with Gasteiger partial charge in [-0.3, -0.25) is 9.52 Å². The van der Waals surface area contributed by atoms with Crippen molar-refractivity contribution in [2.75, 3.05) is 22.9 Å². The number of hydrogen-bond donors (Lipinski definition) is 2. The maximum atomic E-state index is 12.6. The number of carbonyl (C=O) groups excluding carboxylic acids is 1. The van der Waals surface area contributed by atoms with Crippen molar-refractivity contribution in [1.82, 2.24) is 10.3 Å². The van der Waals surface area contributed by atoms with E-state index in [0.29, 0.717) is 26.7 Å². The summed E-state index contributed by atoms with van der Waals surface area (Å²) in [5.41, 5.74) is 2.40. The highest BCUT2D eigenvalue weighted by Gasteiger charge is 2.24. The molecule has 166 valence electrons. The maximum Gasteiger partial charge on any atom is 0.255 e. The predicted octanol–water partition coefficient (Wildman–Crippen LogP) is 5.07. The van der Waals surface area contributed by atoms with Crippen LogP contribution in [0.5, 0.6) is 0 Å². The van der Waals surface area contributed by atoms with Gasteiger partial charge in [-0.1, -0.05) is 52.2 Å². The molecular weight excluding hydrogens is 597 g/mol. The molecule has 31 heavy (non-hydrogen) atoms. The van der Waals surface area contributed by atoms with Crippen molar-refractivity contribution in [3.05, 3.63) is 45.0 Å². The molecule has 2 aromatic heterocycles. The van der Waals surface area contributed by atoms with Crippen molar-refractivity contribution < 1.29 is 17.6 Å². The second kappa shape index (κ2) is 10.3. The zero-order valence-electron chi connectivity index (χ0n) is 17.2. The van der Waals surface area contributed by atoms with E-state index < -0.39 is 10.0 Å². The lowest BCUT2D eigenvalue weighted by Gasteiger charge is -2.09. The third-order valence-electron chi connectivity index (χ3n) is 4.70. The Kier molecular flexibility index (Phi) is 7.98. The third kappa shape index (κ3) is 5.78. The Balaban J connectivity index is 2.01. The van der Waals surface area contributed by atoms with Gasteiger partial charge in [0.1, 0.15) is 5.76 Å². The van der Waals surface area contributed by atoms with Crippen LogP contribution in [0.1, 0.15) is 35.2 Å². The molecule has 0 aliphatic heterocycles. The first-order valence-electron chi connectivity index (χ1n) is 9.74. The number of pyridine rings is 1. The van der Waals surface area contributed by atoms with Crippen LogP contribution >= 0.6 is 38.5 Å². The summed E-state index contributed by atoms with van der Waals surface area (Å²) in [4.78, 5) is 17.0. The number of nitrogens with zero attached hydrogens (tertiary/aromatic N) is 1. The van der Waals surface area contributed by atoms with Crippen LogP contribution in [0.15, 0.2) is 34.7 Å². The molecule has 1 amide bonds. The van der Waals surface area contributed by atoms with E-state index in [1.807, 2.05) is 53.8 Å². The summed E-state index contributed by atoms with van der Waals surface area (Å²) >= 11 is 5.36. The molecule has 0 aliphatic carbocycles. The number of amides is 1. The van der Waals surface area contributed by atoms with Gasteiger partial charge in [0, 0.05) is 17.9 Å². The minimum absolute atomic E-state index is 0.0199. The minimum Gasteiger partial charge on any atom is -0.437 e. The summed E-state index contributed by atoms with van der Waals surface area (Å²) in [7, 11) is -1.99. The standard InChI is InChI=1S/C21H23BrIN3O4S/c1-13-6-8-14(9-7-13)18-17(20(27)24-2)15-12-16(23)19(25-21(15)30-18)26-31(28,29)11-5-3-4-10-22/h6-9,12H,3-5,10-11H2,1-2H3,(H,24,27)(H,25,26). The Labute approximate surface area is 203 Å². The number of carbonyl (C=O) groups is 1. The molecule has 10 heteroatoms. The Morgan fingerprint density at radius 2 is 1.90 bits per heavy atom. The minimum atomic E-state index is -3.54. The van der Waals surface area contributed by atoms with Crippen molar-refractivity contribution >= 4 is 71.4 Å². The van der Waals surface area contributed by atoms with Crippen LogP contribution in [-0.4, -0.2) is 37.4 Å². The SMILES string of the molecule is CNC(=O)c1c(-c2ccc(C)cc2)oc2nc(NS(=O)(=O)CCCCCBr)c(I)cc12. The van der Waals surface area contributed by atoms with Crippen LogP contribution < -0.4 is 10.0 Å². The van der Waals surface area contributed by atoms with E-state index in [1.54, 1.807) is 13.1 Å². The molecule has 7 nitrogen and oxygen atoms in total. The average Bonchev–Trinajstić information content (AvgIpc) is 3.09. The quantitative estimate of drug-likeness (QED) is 0.198. The van der Waals surface area contributed by atoms with Gasteiger partial charge in [0.05, 0.1) is 20.3 Å². The molecule has 3 rings (SSSR count). The smallest absolute Gasteiger partial charge is 0.255 e. The number of halogens is 2. The first-order valence-corrected chi connectivity index (χ1v) is 13.6. The normalized spacial score (nSPS) is 11.6.